The zero-order chi connectivity index (χ0) is 41.7. The third kappa shape index (κ3) is 43.8. The van der Waals surface area contributed by atoms with Gasteiger partial charge in [-0.05, 0) is 25.2 Å². The minimum Gasteiger partial charge on any atom is -0.462 e. The van der Waals surface area contributed by atoms with Crippen molar-refractivity contribution >= 4 is 17.9 Å². The van der Waals surface area contributed by atoms with E-state index in [4.69, 9.17) is 14.2 Å². The Morgan fingerprint density at radius 2 is 0.614 bits per heavy atom. The molecule has 0 N–H and O–H groups in total. The lowest BCUT2D eigenvalue weighted by Crippen LogP contribution is -2.30. The van der Waals surface area contributed by atoms with Crippen LogP contribution in [0.3, 0.4) is 0 Å². The van der Waals surface area contributed by atoms with E-state index in [9.17, 15) is 14.4 Å². The van der Waals surface area contributed by atoms with E-state index in [1.807, 2.05) is 0 Å². The number of carbonyl (C=O) groups excluding carboxylic acids is 3. The van der Waals surface area contributed by atoms with E-state index in [0.717, 1.165) is 63.7 Å². The molecule has 57 heavy (non-hydrogen) atoms. The molecule has 0 aromatic heterocycles. The van der Waals surface area contributed by atoms with Crippen LogP contribution < -0.4 is 0 Å². The molecule has 338 valence electrons. The maximum atomic E-state index is 12.8. The highest BCUT2D eigenvalue weighted by atomic mass is 16.6. The molecule has 0 spiro atoms. The van der Waals surface area contributed by atoms with Crippen LogP contribution in [0.15, 0.2) is 0 Å². The molecule has 6 nitrogen and oxygen atoms in total. The second kappa shape index (κ2) is 45.5. The Hall–Kier alpha value is -1.59. The highest BCUT2D eigenvalue weighted by Crippen LogP contribution is 2.17. The van der Waals surface area contributed by atoms with E-state index in [2.05, 4.69) is 27.7 Å². The third-order valence-corrected chi connectivity index (χ3v) is 11.9. The quantitative estimate of drug-likeness (QED) is 0.0346. The molecule has 1 unspecified atom stereocenters. The molecular formula is C51H98O6. The molecular weight excluding hydrogens is 709 g/mol. The fourth-order valence-electron chi connectivity index (χ4n) is 7.66. The third-order valence-electron chi connectivity index (χ3n) is 11.9. The predicted octanol–water partition coefficient (Wildman–Crippen LogP) is 16.3. The summed E-state index contributed by atoms with van der Waals surface area (Å²) in [7, 11) is 0. The van der Waals surface area contributed by atoms with Gasteiger partial charge in [-0.1, -0.05) is 246 Å². The van der Waals surface area contributed by atoms with Gasteiger partial charge in [-0.15, -0.1) is 0 Å². The summed E-state index contributed by atoms with van der Waals surface area (Å²) in [6.07, 6.45) is 46.4. The van der Waals surface area contributed by atoms with Gasteiger partial charge in [-0.25, -0.2) is 0 Å². The Morgan fingerprint density at radius 1 is 0.351 bits per heavy atom. The van der Waals surface area contributed by atoms with Crippen molar-refractivity contribution in [2.75, 3.05) is 13.2 Å². The van der Waals surface area contributed by atoms with E-state index >= 15 is 0 Å². The van der Waals surface area contributed by atoms with Crippen LogP contribution in [0.1, 0.15) is 285 Å². The van der Waals surface area contributed by atoms with Crippen molar-refractivity contribution in [3.05, 3.63) is 0 Å². The van der Waals surface area contributed by atoms with Gasteiger partial charge in [0.05, 0.1) is 0 Å². The van der Waals surface area contributed by atoms with Crippen LogP contribution in [0.2, 0.25) is 0 Å². The molecule has 0 heterocycles. The lowest BCUT2D eigenvalue weighted by Gasteiger charge is -2.18. The largest absolute Gasteiger partial charge is 0.462 e. The average Bonchev–Trinajstić information content (AvgIpc) is 3.21. The van der Waals surface area contributed by atoms with Crippen LogP contribution in [-0.2, 0) is 28.6 Å². The maximum Gasteiger partial charge on any atom is 0.306 e. The van der Waals surface area contributed by atoms with Gasteiger partial charge in [0.15, 0.2) is 6.10 Å². The normalized spacial score (nSPS) is 12.4. The molecule has 0 aromatic rings. The number of esters is 3. The summed E-state index contributed by atoms with van der Waals surface area (Å²) in [5.74, 6) is 0.0210. The minimum absolute atomic E-state index is 0.0630. The van der Waals surface area contributed by atoms with E-state index in [1.165, 1.54) is 180 Å². The van der Waals surface area contributed by atoms with Gasteiger partial charge in [0.1, 0.15) is 13.2 Å². The van der Waals surface area contributed by atoms with Crippen LogP contribution >= 0.6 is 0 Å². The van der Waals surface area contributed by atoms with Crippen molar-refractivity contribution in [2.24, 2.45) is 5.92 Å². The zero-order valence-electron chi connectivity index (χ0n) is 38.8. The van der Waals surface area contributed by atoms with Crippen molar-refractivity contribution < 1.29 is 28.6 Å². The second-order valence-corrected chi connectivity index (χ2v) is 17.7. The topological polar surface area (TPSA) is 78.9 Å². The summed E-state index contributed by atoms with van der Waals surface area (Å²) in [4.78, 5) is 37.9. The molecule has 0 aliphatic heterocycles. The average molecular weight is 807 g/mol. The lowest BCUT2D eigenvalue weighted by atomic mass is 9.99. The Bertz CT molecular complexity index is 859. The predicted molar refractivity (Wildman–Crippen MR) is 243 cm³/mol. The van der Waals surface area contributed by atoms with Gasteiger partial charge in [-0.3, -0.25) is 14.4 Å². The number of carbonyl (C=O) groups is 3. The molecule has 0 rings (SSSR count). The van der Waals surface area contributed by atoms with E-state index < -0.39 is 6.10 Å². The summed E-state index contributed by atoms with van der Waals surface area (Å²) in [5.41, 5.74) is 0. The Kier molecular flexibility index (Phi) is 44.2. The molecule has 0 saturated heterocycles. The zero-order valence-corrected chi connectivity index (χ0v) is 38.8. The highest BCUT2D eigenvalue weighted by Gasteiger charge is 2.19. The summed E-state index contributed by atoms with van der Waals surface area (Å²) in [6.45, 7) is 9.04. The molecule has 0 radical (unpaired) electrons. The first kappa shape index (κ1) is 55.4. The molecule has 0 aliphatic carbocycles. The standard InChI is InChI=1S/C51H98O6/c1-5-8-10-12-14-16-18-19-20-22-27-31-35-39-43-50(53)56-46-48(45-55-49(52)42-38-34-30-26-21-17-15-13-11-9-6-2)57-51(54)44-40-36-32-28-24-23-25-29-33-37-41-47(4)7-3/h47-48H,5-46H2,1-4H3/t47?,48-/m1/s1. The first-order valence-corrected chi connectivity index (χ1v) is 25.4. The van der Waals surface area contributed by atoms with Crippen molar-refractivity contribution in [1.82, 2.24) is 0 Å². The van der Waals surface area contributed by atoms with E-state index in [0.29, 0.717) is 19.3 Å². The number of ether oxygens (including phenoxy) is 3. The number of unbranched alkanes of at least 4 members (excludes halogenated alkanes) is 32. The van der Waals surface area contributed by atoms with Crippen molar-refractivity contribution in [3.8, 4) is 0 Å². The number of hydrogen-bond donors (Lipinski definition) is 0. The fourth-order valence-corrected chi connectivity index (χ4v) is 7.66. The number of rotatable bonds is 46. The smallest absolute Gasteiger partial charge is 0.306 e. The van der Waals surface area contributed by atoms with Crippen LogP contribution in [0.4, 0.5) is 0 Å². The van der Waals surface area contributed by atoms with Gasteiger partial charge in [0.25, 0.3) is 0 Å². The fraction of sp³-hybridized carbons (Fsp3) is 0.941. The van der Waals surface area contributed by atoms with Crippen LogP contribution in [0.5, 0.6) is 0 Å². The Labute approximate surface area is 355 Å². The Morgan fingerprint density at radius 3 is 0.912 bits per heavy atom. The monoisotopic (exact) mass is 807 g/mol. The van der Waals surface area contributed by atoms with Crippen molar-refractivity contribution in [1.29, 1.82) is 0 Å². The highest BCUT2D eigenvalue weighted by molar-refractivity contribution is 5.71. The molecule has 0 aromatic carbocycles. The summed E-state index contributed by atoms with van der Waals surface area (Å²) in [5, 5.41) is 0. The van der Waals surface area contributed by atoms with Crippen LogP contribution in [-0.4, -0.2) is 37.2 Å². The first-order valence-electron chi connectivity index (χ1n) is 25.4. The van der Waals surface area contributed by atoms with Crippen LogP contribution in [0.25, 0.3) is 0 Å². The SMILES string of the molecule is CCCCCCCCCCCCCCCCC(=O)OC[C@@H](COC(=O)CCCCCCCCCCCCC)OC(=O)CCCCCCCCCCCCC(C)CC. The second-order valence-electron chi connectivity index (χ2n) is 17.7. The molecule has 2 atom stereocenters. The number of hydrogen-bond acceptors (Lipinski definition) is 6. The lowest BCUT2D eigenvalue weighted by molar-refractivity contribution is -0.167. The van der Waals surface area contributed by atoms with Crippen molar-refractivity contribution in [3.63, 3.8) is 0 Å². The van der Waals surface area contributed by atoms with E-state index in [-0.39, 0.29) is 31.1 Å². The summed E-state index contributed by atoms with van der Waals surface area (Å²) >= 11 is 0. The van der Waals surface area contributed by atoms with Gasteiger partial charge in [-0.2, -0.15) is 0 Å². The van der Waals surface area contributed by atoms with Gasteiger partial charge in [0, 0.05) is 19.3 Å². The molecule has 0 amide bonds. The maximum absolute atomic E-state index is 12.8. The van der Waals surface area contributed by atoms with Gasteiger partial charge in [0.2, 0.25) is 0 Å². The van der Waals surface area contributed by atoms with Gasteiger partial charge >= 0.3 is 17.9 Å². The molecule has 6 heteroatoms. The van der Waals surface area contributed by atoms with Gasteiger partial charge < -0.3 is 14.2 Å². The molecule has 0 bridgehead atoms. The molecule has 0 saturated carbocycles. The summed E-state index contributed by atoms with van der Waals surface area (Å²) < 4.78 is 16.8. The van der Waals surface area contributed by atoms with E-state index in [1.54, 1.807) is 0 Å². The minimum atomic E-state index is -0.760. The van der Waals surface area contributed by atoms with Crippen LogP contribution in [0, 0.1) is 5.92 Å². The Balaban J connectivity index is 4.32. The first-order chi connectivity index (χ1) is 27.9. The van der Waals surface area contributed by atoms with Crippen molar-refractivity contribution in [2.45, 2.75) is 291 Å². The molecule has 0 aliphatic rings. The molecule has 0 fully saturated rings. The summed E-state index contributed by atoms with van der Waals surface area (Å²) in [6, 6.07) is 0.